The Hall–Kier alpha value is -2.43. The summed E-state index contributed by atoms with van der Waals surface area (Å²) in [6.07, 6.45) is 0. The van der Waals surface area contributed by atoms with Crippen molar-refractivity contribution in [3.05, 3.63) is 76.4 Å². The van der Waals surface area contributed by atoms with Crippen molar-refractivity contribution in [3.63, 3.8) is 0 Å². The van der Waals surface area contributed by atoms with Crippen molar-refractivity contribution < 1.29 is 4.79 Å². The number of hydrogen-bond donors (Lipinski definition) is 0. The minimum absolute atomic E-state index is 0.0313. The van der Waals surface area contributed by atoms with E-state index in [4.69, 9.17) is 11.6 Å². The van der Waals surface area contributed by atoms with Crippen LogP contribution in [-0.2, 0) is 0 Å². The number of carbonyl (C=O) groups excluding carboxylic acids is 1. The molecule has 4 nitrogen and oxygen atoms in total. The lowest BCUT2D eigenvalue weighted by atomic mass is 10.0. The number of benzene rings is 2. The molecule has 2 heterocycles. The number of piperazine rings is 1. The Morgan fingerprint density at radius 3 is 2.67 bits per heavy atom. The molecule has 0 spiro atoms. The minimum atomic E-state index is 0.0313. The summed E-state index contributed by atoms with van der Waals surface area (Å²) in [4.78, 5) is 22.4. The monoisotopic (exact) mass is 379 g/mol. The number of nitrogens with zero attached hydrogens (tertiary/aromatic N) is 3. The molecule has 138 valence electrons. The van der Waals surface area contributed by atoms with Crippen molar-refractivity contribution in [2.75, 3.05) is 26.7 Å². The summed E-state index contributed by atoms with van der Waals surface area (Å²) in [6, 6.07) is 17.8. The van der Waals surface area contributed by atoms with E-state index in [0.717, 1.165) is 35.2 Å². The van der Waals surface area contributed by atoms with E-state index in [1.807, 2.05) is 54.3 Å². The average molecular weight is 380 g/mol. The zero-order valence-corrected chi connectivity index (χ0v) is 16.3. The minimum Gasteiger partial charge on any atom is -0.329 e. The number of carbonyl (C=O) groups is 1. The Morgan fingerprint density at radius 2 is 1.89 bits per heavy atom. The van der Waals surface area contributed by atoms with Crippen LogP contribution < -0.4 is 0 Å². The average Bonchev–Trinajstić information content (AvgIpc) is 2.68. The van der Waals surface area contributed by atoms with Gasteiger partial charge in [0.25, 0.3) is 5.91 Å². The second kappa shape index (κ2) is 7.29. The highest BCUT2D eigenvalue weighted by atomic mass is 35.5. The highest BCUT2D eigenvalue weighted by molar-refractivity contribution is 6.31. The second-order valence-corrected chi connectivity index (χ2v) is 7.58. The molecule has 4 rings (SSSR count). The molecule has 1 fully saturated rings. The predicted octanol–water partition coefficient (Wildman–Crippen LogP) is 4.33. The molecule has 2 aromatic carbocycles. The summed E-state index contributed by atoms with van der Waals surface area (Å²) in [5.74, 6) is 0.0313. The first-order chi connectivity index (χ1) is 13.0. The maximum Gasteiger partial charge on any atom is 0.256 e. The van der Waals surface area contributed by atoms with E-state index < -0.39 is 0 Å². The number of halogens is 1. The number of pyridine rings is 1. The summed E-state index contributed by atoms with van der Waals surface area (Å²) in [5.41, 5.74) is 3.41. The summed E-state index contributed by atoms with van der Waals surface area (Å²) in [7, 11) is 2.10. The van der Waals surface area contributed by atoms with E-state index in [2.05, 4.69) is 29.1 Å². The largest absolute Gasteiger partial charge is 0.329 e. The van der Waals surface area contributed by atoms with Gasteiger partial charge in [-0.05, 0) is 43.8 Å². The summed E-state index contributed by atoms with van der Waals surface area (Å²) >= 11 is 6.13. The summed E-state index contributed by atoms with van der Waals surface area (Å²) in [5, 5.41) is 1.54. The van der Waals surface area contributed by atoms with E-state index in [1.165, 1.54) is 0 Å². The van der Waals surface area contributed by atoms with Crippen molar-refractivity contribution >= 4 is 28.4 Å². The van der Waals surface area contributed by atoms with Crippen molar-refractivity contribution in [3.8, 4) is 0 Å². The Bertz CT molecular complexity index is 990. The van der Waals surface area contributed by atoms with E-state index in [-0.39, 0.29) is 11.9 Å². The van der Waals surface area contributed by atoms with Crippen LogP contribution in [0.25, 0.3) is 10.9 Å². The molecular weight excluding hydrogens is 358 g/mol. The van der Waals surface area contributed by atoms with Gasteiger partial charge >= 0.3 is 0 Å². The molecule has 5 heteroatoms. The standard InChI is InChI=1S/C22H22ClN3O/c1-15-19(13-17-12-18(23)8-9-20(17)24-15)22(27)26-11-10-25(2)14-21(26)16-6-4-3-5-7-16/h3-9,12-13,21H,10-11,14H2,1-2H3/t21-/m0/s1. The van der Waals surface area contributed by atoms with Crippen LogP contribution in [0.3, 0.4) is 0 Å². The molecule has 0 radical (unpaired) electrons. The van der Waals surface area contributed by atoms with Crippen LogP contribution in [-0.4, -0.2) is 47.4 Å². The summed E-state index contributed by atoms with van der Waals surface area (Å²) in [6.45, 7) is 4.28. The highest BCUT2D eigenvalue weighted by Crippen LogP contribution is 2.28. The van der Waals surface area contributed by atoms with Gasteiger partial charge < -0.3 is 9.80 Å². The molecule has 1 aromatic heterocycles. The molecule has 0 unspecified atom stereocenters. The Kier molecular flexibility index (Phi) is 4.85. The first kappa shape index (κ1) is 18.0. The van der Waals surface area contributed by atoms with Crippen LogP contribution in [0.4, 0.5) is 0 Å². The van der Waals surface area contributed by atoms with Gasteiger partial charge in [0.2, 0.25) is 0 Å². The fraction of sp³-hybridized carbons (Fsp3) is 0.273. The number of amides is 1. The molecule has 0 N–H and O–H groups in total. The third-order valence-corrected chi connectivity index (χ3v) is 5.46. The SMILES string of the molecule is Cc1nc2ccc(Cl)cc2cc1C(=O)N1CCN(C)C[C@H]1c1ccccc1. The van der Waals surface area contributed by atoms with Crippen LogP contribution in [0.5, 0.6) is 0 Å². The first-order valence-corrected chi connectivity index (χ1v) is 9.52. The van der Waals surface area contributed by atoms with Gasteiger partial charge in [-0.3, -0.25) is 9.78 Å². The molecule has 1 aliphatic rings. The molecule has 1 saturated heterocycles. The molecule has 1 amide bonds. The fourth-order valence-electron chi connectivity index (χ4n) is 3.74. The molecule has 1 aliphatic heterocycles. The van der Waals surface area contributed by atoms with Crippen LogP contribution >= 0.6 is 11.6 Å². The van der Waals surface area contributed by atoms with Crippen LogP contribution in [0.1, 0.15) is 27.7 Å². The highest BCUT2D eigenvalue weighted by Gasteiger charge is 2.31. The number of aromatic nitrogens is 1. The lowest BCUT2D eigenvalue weighted by Gasteiger charge is -2.40. The smallest absolute Gasteiger partial charge is 0.256 e. The normalized spacial score (nSPS) is 18.0. The molecular formula is C22H22ClN3O. The van der Waals surface area contributed by atoms with E-state index in [0.29, 0.717) is 17.1 Å². The van der Waals surface area contributed by atoms with Gasteiger partial charge in [-0.15, -0.1) is 0 Å². The topological polar surface area (TPSA) is 36.4 Å². The molecule has 27 heavy (non-hydrogen) atoms. The maximum absolute atomic E-state index is 13.5. The Morgan fingerprint density at radius 1 is 1.11 bits per heavy atom. The van der Waals surface area contributed by atoms with Crippen molar-refractivity contribution in [2.45, 2.75) is 13.0 Å². The molecule has 0 aliphatic carbocycles. The zero-order valence-electron chi connectivity index (χ0n) is 15.5. The van der Waals surface area contributed by atoms with Crippen LogP contribution in [0.15, 0.2) is 54.6 Å². The number of likely N-dealkylation sites (N-methyl/N-ethyl adjacent to an activating group) is 1. The van der Waals surface area contributed by atoms with Gasteiger partial charge in [-0.1, -0.05) is 41.9 Å². The van der Waals surface area contributed by atoms with Gasteiger partial charge in [0, 0.05) is 30.0 Å². The van der Waals surface area contributed by atoms with Crippen LogP contribution in [0.2, 0.25) is 5.02 Å². The van der Waals surface area contributed by atoms with E-state index >= 15 is 0 Å². The van der Waals surface area contributed by atoms with Crippen molar-refractivity contribution in [2.24, 2.45) is 0 Å². The van der Waals surface area contributed by atoms with E-state index in [1.54, 1.807) is 0 Å². The predicted molar refractivity (Wildman–Crippen MR) is 109 cm³/mol. The maximum atomic E-state index is 13.5. The van der Waals surface area contributed by atoms with Gasteiger partial charge in [0.15, 0.2) is 0 Å². The first-order valence-electron chi connectivity index (χ1n) is 9.14. The van der Waals surface area contributed by atoms with Gasteiger partial charge in [0.05, 0.1) is 22.8 Å². The van der Waals surface area contributed by atoms with Crippen molar-refractivity contribution in [1.29, 1.82) is 0 Å². The lowest BCUT2D eigenvalue weighted by molar-refractivity contribution is 0.0497. The Balaban J connectivity index is 1.74. The molecule has 0 saturated carbocycles. The molecule has 0 bridgehead atoms. The summed E-state index contributed by atoms with van der Waals surface area (Å²) < 4.78 is 0. The van der Waals surface area contributed by atoms with E-state index in [9.17, 15) is 4.79 Å². The number of fused-ring (bicyclic) bond motifs is 1. The third kappa shape index (κ3) is 3.55. The lowest BCUT2D eigenvalue weighted by Crippen LogP contribution is -2.49. The second-order valence-electron chi connectivity index (χ2n) is 7.15. The number of rotatable bonds is 2. The van der Waals surface area contributed by atoms with Crippen LogP contribution in [0, 0.1) is 6.92 Å². The van der Waals surface area contributed by atoms with Crippen molar-refractivity contribution in [1.82, 2.24) is 14.8 Å². The molecule has 3 aromatic rings. The number of aryl methyl sites for hydroxylation is 1. The Labute approximate surface area is 164 Å². The zero-order chi connectivity index (χ0) is 19.0. The number of hydrogen-bond acceptors (Lipinski definition) is 3. The fourth-order valence-corrected chi connectivity index (χ4v) is 3.92. The van der Waals surface area contributed by atoms with Gasteiger partial charge in [0.1, 0.15) is 0 Å². The van der Waals surface area contributed by atoms with Gasteiger partial charge in [-0.2, -0.15) is 0 Å². The third-order valence-electron chi connectivity index (χ3n) is 5.23. The quantitative estimate of drug-likeness (QED) is 0.665. The molecule has 1 atom stereocenters. The van der Waals surface area contributed by atoms with Gasteiger partial charge in [-0.25, -0.2) is 0 Å².